The van der Waals surface area contributed by atoms with E-state index >= 15 is 0 Å². The lowest BCUT2D eigenvalue weighted by Crippen LogP contribution is -2.00. The molecule has 2 aromatic rings. The van der Waals surface area contributed by atoms with Gasteiger partial charge in [0.25, 0.3) is 0 Å². The number of nitrogens with one attached hydrogen (secondary N) is 1. The van der Waals surface area contributed by atoms with Crippen molar-refractivity contribution in [3.8, 4) is 17.2 Å². The normalized spacial score (nSPS) is 12.3. The average Bonchev–Trinajstić information content (AvgIpc) is 2.94. The summed E-state index contributed by atoms with van der Waals surface area (Å²) >= 11 is 6.97. The van der Waals surface area contributed by atoms with Crippen molar-refractivity contribution in [1.29, 1.82) is 0 Å². The third-order valence-electron chi connectivity index (χ3n) is 3.14. The predicted octanol–water partition coefficient (Wildman–Crippen LogP) is 4.56. The van der Waals surface area contributed by atoms with Crippen molar-refractivity contribution >= 4 is 37.5 Å². The summed E-state index contributed by atoms with van der Waals surface area (Å²) in [6.07, 6.45) is 0. The largest absolute Gasteiger partial charge is 0.496 e. The molecule has 1 heterocycles. The lowest BCUT2D eigenvalue weighted by Gasteiger charge is -2.10. The van der Waals surface area contributed by atoms with Gasteiger partial charge in [-0.1, -0.05) is 0 Å². The Balaban J connectivity index is 1.73. The van der Waals surface area contributed by atoms with Crippen molar-refractivity contribution in [1.82, 2.24) is 0 Å². The van der Waals surface area contributed by atoms with E-state index in [9.17, 15) is 0 Å². The molecule has 1 N–H and O–H groups in total. The zero-order valence-electron chi connectivity index (χ0n) is 11.3. The SMILES string of the molecule is COc1ccc(NCc2cc(Br)c3c(c2)OCO3)cc1Br. The molecule has 0 aromatic heterocycles. The van der Waals surface area contributed by atoms with Crippen LogP contribution in [0.1, 0.15) is 5.56 Å². The van der Waals surface area contributed by atoms with E-state index in [2.05, 4.69) is 37.2 Å². The number of anilines is 1. The molecular formula is C15H13Br2NO3. The Labute approximate surface area is 139 Å². The highest BCUT2D eigenvalue weighted by molar-refractivity contribution is 9.10. The van der Waals surface area contributed by atoms with Crippen molar-refractivity contribution in [3.63, 3.8) is 0 Å². The van der Waals surface area contributed by atoms with Crippen LogP contribution in [0.5, 0.6) is 17.2 Å². The first-order chi connectivity index (χ1) is 10.2. The van der Waals surface area contributed by atoms with Gasteiger partial charge < -0.3 is 19.5 Å². The van der Waals surface area contributed by atoms with Crippen molar-refractivity contribution < 1.29 is 14.2 Å². The van der Waals surface area contributed by atoms with E-state index in [-0.39, 0.29) is 6.79 Å². The molecule has 0 amide bonds. The van der Waals surface area contributed by atoms with Crippen LogP contribution < -0.4 is 19.5 Å². The van der Waals surface area contributed by atoms with E-state index < -0.39 is 0 Å². The number of rotatable bonds is 4. The molecule has 0 spiro atoms. The van der Waals surface area contributed by atoms with E-state index in [0.717, 1.165) is 37.4 Å². The van der Waals surface area contributed by atoms with Crippen molar-refractivity contribution in [2.45, 2.75) is 6.54 Å². The number of methoxy groups -OCH3 is 1. The van der Waals surface area contributed by atoms with E-state index in [1.807, 2.05) is 30.3 Å². The van der Waals surface area contributed by atoms with Gasteiger partial charge >= 0.3 is 0 Å². The highest BCUT2D eigenvalue weighted by Gasteiger charge is 2.17. The van der Waals surface area contributed by atoms with E-state index in [0.29, 0.717) is 6.54 Å². The molecule has 0 radical (unpaired) electrons. The quantitative estimate of drug-likeness (QED) is 0.795. The first kappa shape index (κ1) is 14.5. The fraction of sp³-hybridized carbons (Fsp3) is 0.200. The summed E-state index contributed by atoms with van der Waals surface area (Å²) < 4.78 is 17.8. The molecule has 0 saturated carbocycles. The highest BCUT2D eigenvalue weighted by Crippen LogP contribution is 2.40. The maximum Gasteiger partial charge on any atom is 0.231 e. The molecule has 0 bridgehead atoms. The number of halogens is 2. The monoisotopic (exact) mass is 413 g/mol. The van der Waals surface area contributed by atoms with Gasteiger partial charge in [0.1, 0.15) is 5.75 Å². The van der Waals surface area contributed by atoms with Gasteiger partial charge in [0.2, 0.25) is 6.79 Å². The number of ether oxygens (including phenoxy) is 3. The fourth-order valence-corrected chi connectivity index (χ4v) is 3.25. The van der Waals surface area contributed by atoms with Crippen molar-refractivity contribution in [3.05, 3.63) is 44.8 Å². The molecule has 0 saturated heterocycles. The zero-order chi connectivity index (χ0) is 14.8. The topological polar surface area (TPSA) is 39.7 Å². The van der Waals surface area contributed by atoms with Gasteiger partial charge in [-0.15, -0.1) is 0 Å². The molecule has 21 heavy (non-hydrogen) atoms. The highest BCUT2D eigenvalue weighted by atomic mass is 79.9. The van der Waals surface area contributed by atoms with Gasteiger partial charge in [-0.05, 0) is 67.8 Å². The molecule has 2 aromatic carbocycles. The smallest absolute Gasteiger partial charge is 0.231 e. The molecule has 4 nitrogen and oxygen atoms in total. The maximum absolute atomic E-state index is 5.42. The molecule has 0 fully saturated rings. The predicted molar refractivity (Wildman–Crippen MR) is 88.3 cm³/mol. The van der Waals surface area contributed by atoms with Crippen LogP contribution in [0, 0.1) is 0 Å². The Morgan fingerprint density at radius 3 is 2.76 bits per heavy atom. The number of benzene rings is 2. The third kappa shape index (κ3) is 3.11. The van der Waals surface area contributed by atoms with E-state index in [4.69, 9.17) is 14.2 Å². The van der Waals surface area contributed by atoms with Gasteiger partial charge in [0.15, 0.2) is 11.5 Å². The van der Waals surface area contributed by atoms with Gasteiger partial charge in [-0.25, -0.2) is 0 Å². The van der Waals surface area contributed by atoms with Crippen LogP contribution in [0.25, 0.3) is 0 Å². The van der Waals surface area contributed by atoms with Crippen molar-refractivity contribution in [2.24, 2.45) is 0 Å². The minimum absolute atomic E-state index is 0.274. The summed E-state index contributed by atoms with van der Waals surface area (Å²) in [7, 11) is 1.65. The van der Waals surface area contributed by atoms with Crippen LogP contribution >= 0.6 is 31.9 Å². The lowest BCUT2D eigenvalue weighted by atomic mass is 10.2. The first-order valence-electron chi connectivity index (χ1n) is 6.33. The van der Waals surface area contributed by atoms with E-state index in [1.54, 1.807) is 7.11 Å². The average molecular weight is 415 g/mol. The Morgan fingerprint density at radius 2 is 2.00 bits per heavy atom. The minimum Gasteiger partial charge on any atom is -0.496 e. The molecule has 0 atom stereocenters. The zero-order valence-corrected chi connectivity index (χ0v) is 14.5. The summed E-state index contributed by atoms with van der Waals surface area (Å²) in [5.74, 6) is 2.36. The number of hydrogen-bond donors (Lipinski definition) is 1. The summed E-state index contributed by atoms with van der Waals surface area (Å²) in [6.45, 7) is 0.963. The second-order valence-corrected chi connectivity index (χ2v) is 6.22. The molecular weight excluding hydrogens is 402 g/mol. The number of fused-ring (bicyclic) bond motifs is 1. The summed E-state index contributed by atoms with van der Waals surface area (Å²) in [6, 6.07) is 9.90. The summed E-state index contributed by atoms with van der Waals surface area (Å²) in [5, 5.41) is 3.37. The second-order valence-electron chi connectivity index (χ2n) is 4.51. The van der Waals surface area contributed by atoms with Gasteiger partial charge in [-0.2, -0.15) is 0 Å². The third-order valence-corrected chi connectivity index (χ3v) is 4.34. The Morgan fingerprint density at radius 1 is 1.14 bits per heavy atom. The molecule has 1 aliphatic heterocycles. The first-order valence-corrected chi connectivity index (χ1v) is 7.91. The van der Waals surface area contributed by atoms with Gasteiger partial charge in [-0.3, -0.25) is 0 Å². The van der Waals surface area contributed by atoms with Gasteiger partial charge in [0, 0.05) is 12.2 Å². The fourth-order valence-electron chi connectivity index (χ4n) is 2.10. The van der Waals surface area contributed by atoms with Gasteiger partial charge in [0.05, 0.1) is 16.1 Å². The second kappa shape index (κ2) is 6.15. The van der Waals surface area contributed by atoms with Crippen LogP contribution in [0.15, 0.2) is 39.3 Å². The molecule has 0 aliphatic carbocycles. The standard InChI is InChI=1S/C15H13Br2NO3/c1-19-13-3-2-10(6-11(13)16)18-7-9-4-12(17)15-14(5-9)20-8-21-15/h2-6,18H,7-8H2,1H3. The lowest BCUT2D eigenvalue weighted by molar-refractivity contribution is 0.173. The molecule has 6 heteroatoms. The summed E-state index contributed by atoms with van der Waals surface area (Å²) in [4.78, 5) is 0. The van der Waals surface area contributed by atoms with E-state index in [1.165, 1.54) is 0 Å². The van der Waals surface area contributed by atoms with Crippen LogP contribution in [-0.4, -0.2) is 13.9 Å². The van der Waals surface area contributed by atoms with Crippen LogP contribution in [0.3, 0.4) is 0 Å². The molecule has 3 rings (SSSR count). The van der Waals surface area contributed by atoms with Crippen LogP contribution in [-0.2, 0) is 6.54 Å². The molecule has 0 unspecified atom stereocenters. The molecule has 110 valence electrons. The Bertz CT molecular complexity index is 676. The van der Waals surface area contributed by atoms with Crippen LogP contribution in [0.2, 0.25) is 0 Å². The molecule has 1 aliphatic rings. The summed E-state index contributed by atoms with van der Waals surface area (Å²) in [5.41, 5.74) is 2.12. The number of hydrogen-bond acceptors (Lipinski definition) is 4. The Hall–Kier alpha value is -1.40. The van der Waals surface area contributed by atoms with Crippen molar-refractivity contribution in [2.75, 3.05) is 19.2 Å². The van der Waals surface area contributed by atoms with Crippen LogP contribution in [0.4, 0.5) is 5.69 Å². The Kier molecular flexibility index (Phi) is 4.26. The maximum atomic E-state index is 5.42. The minimum atomic E-state index is 0.274.